The third kappa shape index (κ3) is 4.20. The zero-order valence-corrected chi connectivity index (χ0v) is 16.9. The van der Waals surface area contributed by atoms with Gasteiger partial charge in [0.1, 0.15) is 11.1 Å². The Morgan fingerprint density at radius 3 is 2.60 bits per heavy atom. The fraction of sp³-hybridized carbons (Fsp3) is 0.316. The lowest BCUT2D eigenvalue weighted by Crippen LogP contribution is -2.32. The summed E-state index contributed by atoms with van der Waals surface area (Å²) >= 11 is 4.98. The van der Waals surface area contributed by atoms with Crippen molar-refractivity contribution < 1.29 is 5.11 Å². The summed E-state index contributed by atoms with van der Waals surface area (Å²) in [6, 6.07) is 12.5. The first kappa shape index (κ1) is 18.3. The van der Waals surface area contributed by atoms with Crippen LogP contribution in [-0.4, -0.2) is 23.2 Å². The van der Waals surface area contributed by atoms with Crippen LogP contribution in [-0.2, 0) is 6.42 Å². The lowest BCUT2D eigenvalue weighted by atomic mass is 10.1. The van der Waals surface area contributed by atoms with E-state index >= 15 is 0 Å². The molecule has 2 atom stereocenters. The smallest absolute Gasteiger partial charge is 0.142 e. The summed E-state index contributed by atoms with van der Waals surface area (Å²) in [5, 5.41) is 18.3. The fourth-order valence-electron chi connectivity index (χ4n) is 2.92. The fourth-order valence-corrected chi connectivity index (χ4v) is 4.35. The lowest BCUT2D eigenvalue weighted by molar-refractivity contribution is 0.130. The molecular formula is C19H22BrN3OS. The number of nitrogens with zero attached hydrogens (tertiary/aromatic N) is 1. The highest BCUT2D eigenvalue weighted by Crippen LogP contribution is 2.37. The molecule has 0 aliphatic rings. The van der Waals surface area contributed by atoms with E-state index in [9.17, 15) is 5.11 Å². The summed E-state index contributed by atoms with van der Waals surface area (Å²) in [6.07, 6.45) is 0.119. The summed E-state index contributed by atoms with van der Waals surface area (Å²) in [4.78, 5) is 6.40. The van der Waals surface area contributed by atoms with Gasteiger partial charge < -0.3 is 10.4 Å². The minimum Gasteiger partial charge on any atom is -0.387 e. The van der Waals surface area contributed by atoms with Crippen molar-refractivity contribution in [2.24, 2.45) is 0 Å². The molecule has 25 heavy (non-hydrogen) atoms. The van der Waals surface area contributed by atoms with E-state index in [4.69, 9.17) is 0 Å². The Hall–Kier alpha value is -1.47. The van der Waals surface area contributed by atoms with Gasteiger partial charge in [-0.15, -0.1) is 11.3 Å². The van der Waals surface area contributed by atoms with Crippen molar-refractivity contribution in [2.45, 2.75) is 32.5 Å². The molecule has 1 aromatic carbocycles. The first-order valence-electron chi connectivity index (χ1n) is 8.24. The van der Waals surface area contributed by atoms with Crippen LogP contribution in [0.3, 0.4) is 0 Å². The van der Waals surface area contributed by atoms with Gasteiger partial charge in [-0.1, -0.05) is 28.1 Å². The van der Waals surface area contributed by atoms with Gasteiger partial charge in [-0.3, -0.25) is 5.32 Å². The van der Waals surface area contributed by atoms with E-state index in [1.165, 1.54) is 16.9 Å². The highest BCUT2D eigenvalue weighted by molar-refractivity contribution is 9.10. The zero-order chi connectivity index (χ0) is 18.0. The molecule has 0 saturated heterocycles. The molecule has 0 spiro atoms. The Morgan fingerprint density at radius 2 is 1.92 bits per heavy atom. The van der Waals surface area contributed by atoms with Gasteiger partial charge in [0, 0.05) is 28.6 Å². The monoisotopic (exact) mass is 419 g/mol. The van der Waals surface area contributed by atoms with Gasteiger partial charge in [0.2, 0.25) is 0 Å². The van der Waals surface area contributed by atoms with Crippen LogP contribution in [0.5, 0.6) is 0 Å². The number of hydrogen-bond acceptors (Lipinski definition) is 5. The van der Waals surface area contributed by atoms with Crippen molar-refractivity contribution >= 4 is 43.2 Å². The van der Waals surface area contributed by atoms with Crippen molar-refractivity contribution in [2.75, 3.05) is 12.4 Å². The minimum atomic E-state index is -0.729. The molecular weight excluding hydrogens is 398 g/mol. The molecule has 3 rings (SSSR count). The van der Waals surface area contributed by atoms with Crippen molar-refractivity contribution in [1.82, 2.24) is 10.3 Å². The Labute approximate surface area is 160 Å². The van der Waals surface area contributed by atoms with Crippen molar-refractivity contribution in [3.05, 3.63) is 57.0 Å². The number of rotatable bonds is 6. The number of hydrogen-bond donors (Lipinski definition) is 3. The predicted molar refractivity (Wildman–Crippen MR) is 109 cm³/mol. The molecule has 0 amide bonds. The van der Waals surface area contributed by atoms with Crippen LogP contribution in [0.4, 0.5) is 5.69 Å². The third-order valence-electron chi connectivity index (χ3n) is 4.12. The van der Waals surface area contributed by atoms with Crippen molar-refractivity contribution in [3.63, 3.8) is 0 Å². The number of aryl methyl sites for hydroxylation is 1. The number of thiophene rings is 1. The summed E-state index contributed by atoms with van der Waals surface area (Å²) in [5.74, 6) is 0. The van der Waals surface area contributed by atoms with Gasteiger partial charge >= 0.3 is 0 Å². The van der Waals surface area contributed by atoms with Crippen LogP contribution in [0.15, 0.2) is 40.9 Å². The molecule has 132 valence electrons. The second-order valence-electron chi connectivity index (χ2n) is 6.20. The number of halogens is 1. The van der Waals surface area contributed by atoms with Crippen LogP contribution < -0.4 is 10.6 Å². The summed E-state index contributed by atoms with van der Waals surface area (Å²) in [6.45, 7) is 4.06. The van der Waals surface area contributed by atoms with Crippen LogP contribution in [0, 0.1) is 6.92 Å². The van der Waals surface area contributed by atoms with Crippen LogP contribution in [0.1, 0.15) is 29.3 Å². The number of aromatic nitrogens is 1. The number of anilines is 1. The molecule has 2 heterocycles. The van der Waals surface area contributed by atoms with E-state index < -0.39 is 6.23 Å². The van der Waals surface area contributed by atoms with Crippen LogP contribution in [0.2, 0.25) is 0 Å². The number of aliphatic hydroxyl groups excluding tert-OH is 1. The first-order valence-corrected chi connectivity index (χ1v) is 9.85. The number of pyridine rings is 1. The maximum atomic E-state index is 10.7. The maximum Gasteiger partial charge on any atom is 0.142 e. The Balaban J connectivity index is 1.77. The van der Waals surface area contributed by atoms with Crippen LogP contribution >= 0.6 is 27.3 Å². The molecule has 0 saturated carbocycles. The van der Waals surface area contributed by atoms with E-state index in [2.05, 4.69) is 56.7 Å². The molecule has 2 aromatic heterocycles. The minimum absolute atomic E-state index is 0.140. The van der Waals surface area contributed by atoms with E-state index in [1.807, 2.05) is 32.2 Å². The van der Waals surface area contributed by atoms with Crippen LogP contribution in [0.25, 0.3) is 10.2 Å². The Bertz CT molecular complexity index is 863. The molecule has 0 radical (unpaired) electrons. The average molecular weight is 420 g/mol. The molecule has 0 aliphatic heterocycles. The SMILES string of the molecule is CNc1c(C(O)N[C@@H](C)Cc2ccc(Br)cc2)sc2nc(C)ccc12. The molecule has 0 bridgehead atoms. The van der Waals surface area contributed by atoms with Gasteiger partial charge in [-0.2, -0.15) is 0 Å². The predicted octanol–water partition coefficient (Wildman–Crippen LogP) is 4.62. The molecule has 0 aliphatic carbocycles. The molecule has 6 heteroatoms. The quantitative estimate of drug-likeness (QED) is 0.510. The number of fused-ring (bicyclic) bond motifs is 1. The van der Waals surface area contributed by atoms with Crippen molar-refractivity contribution in [1.29, 1.82) is 0 Å². The average Bonchev–Trinajstić information content (AvgIpc) is 2.94. The van der Waals surface area contributed by atoms with Gasteiger partial charge in [0.15, 0.2) is 0 Å². The van der Waals surface area contributed by atoms with E-state index in [-0.39, 0.29) is 6.04 Å². The standard InChI is InChI=1S/C19H22BrN3OS/c1-11-4-9-15-16(21-3)17(25-19(15)23-11)18(24)22-12(2)10-13-5-7-14(20)8-6-13/h4-9,12,18,21-22,24H,10H2,1-3H3/t12-,18?/m0/s1. The highest BCUT2D eigenvalue weighted by Gasteiger charge is 2.20. The molecule has 0 fully saturated rings. The second kappa shape index (κ2) is 7.83. The molecule has 3 N–H and O–H groups in total. The lowest BCUT2D eigenvalue weighted by Gasteiger charge is -2.19. The van der Waals surface area contributed by atoms with Gasteiger partial charge in [0.05, 0.1) is 10.6 Å². The van der Waals surface area contributed by atoms with E-state index in [1.54, 1.807) is 0 Å². The maximum absolute atomic E-state index is 10.7. The molecule has 4 nitrogen and oxygen atoms in total. The summed E-state index contributed by atoms with van der Waals surface area (Å²) < 4.78 is 1.07. The number of nitrogens with one attached hydrogen (secondary N) is 2. The second-order valence-corrected chi connectivity index (χ2v) is 8.14. The number of aliphatic hydroxyl groups is 1. The Kier molecular flexibility index (Phi) is 5.74. The third-order valence-corrected chi connectivity index (χ3v) is 5.80. The Morgan fingerprint density at radius 1 is 1.20 bits per heavy atom. The van der Waals surface area contributed by atoms with E-state index in [0.717, 1.165) is 37.4 Å². The molecule has 3 aromatic rings. The molecule has 1 unspecified atom stereocenters. The van der Waals surface area contributed by atoms with Crippen molar-refractivity contribution in [3.8, 4) is 0 Å². The summed E-state index contributed by atoms with van der Waals surface area (Å²) in [7, 11) is 1.88. The first-order chi connectivity index (χ1) is 12.0. The topological polar surface area (TPSA) is 57.2 Å². The highest BCUT2D eigenvalue weighted by atomic mass is 79.9. The largest absolute Gasteiger partial charge is 0.387 e. The number of benzene rings is 1. The van der Waals surface area contributed by atoms with E-state index in [0.29, 0.717) is 0 Å². The van der Waals surface area contributed by atoms with Gasteiger partial charge in [0.25, 0.3) is 0 Å². The zero-order valence-electron chi connectivity index (χ0n) is 14.5. The van der Waals surface area contributed by atoms with Gasteiger partial charge in [-0.05, 0) is 50.1 Å². The van der Waals surface area contributed by atoms with Gasteiger partial charge in [-0.25, -0.2) is 4.98 Å². The normalized spacial score (nSPS) is 13.8. The summed E-state index contributed by atoms with van der Waals surface area (Å²) in [5.41, 5.74) is 3.16.